The molecule has 0 aliphatic rings. The number of nitrogens with two attached hydrogens (primary N) is 4. The van der Waals surface area contributed by atoms with Crippen molar-refractivity contribution in [3.05, 3.63) is 29.8 Å². The Morgan fingerprint density at radius 1 is 0.521 bits per heavy atom. The van der Waals surface area contributed by atoms with Crippen LogP contribution in [0.3, 0.4) is 0 Å². The Labute approximate surface area is 406 Å². The number of carboxylic acids is 2. The zero-order valence-electron chi connectivity index (χ0n) is 39.2. The maximum atomic E-state index is 13.9. The van der Waals surface area contributed by atoms with E-state index in [1.54, 1.807) is 0 Å². The van der Waals surface area contributed by atoms with E-state index in [1.165, 1.54) is 45.0 Å². The minimum Gasteiger partial charge on any atom is -0.508 e. The van der Waals surface area contributed by atoms with Gasteiger partial charge in [-0.1, -0.05) is 26.0 Å². The summed E-state index contributed by atoms with van der Waals surface area (Å²) < 4.78 is 0. The molecule has 29 heteroatoms. The number of aliphatic hydroxyl groups excluding tert-OH is 1. The molecule has 1 aromatic carbocycles. The molecule has 394 valence electrons. The van der Waals surface area contributed by atoms with Crippen LogP contribution in [0, 0.1) is 5.92 Å². The van der Waals surface area contributed by atoms with Crippen LogP contribution in [0.4, 0.5) is 0 Å². The van der Waals surface area contributed by atoms with E-state index in [0.717, 1.165) is 0 Å². The van der Waals surface area contributed by atoms with Crippen molar-refractivity contribution in [2.45, 2.75) is 127 Å². The predicted molar refractivity (Wildman–Crippen MR) is 244 cm³/mol. The largest absolute Gasteiger partial charge is 0.508 e. The van der Waals surface area contributed by atoms with E-state index < -0.39 is 196 Å². The molecule has 0 saturated heterocycles. The number of phenols is 1. The number of phenolic OH excluding ortho intramolecular Hbond substituents is 1. The van der Waals surface area contributed by atoms with Gasteiger partial charge in [-0.3, -0.25) is 57.5 Å². The number of hydrogen-bond acceptors (Lipinski definition) is 16. The van der Waals surface area contributed by atoms with E-state index in [1.807, 2.05) is 0 Å². The van der Waals surface area contributed by atoms with Crippen LogP contribution in [0.5, 0.6) is 5.75 Å². The summed E-state index contributed by atoms with van der Waals surface area (Å²) in [4.78, 5) is 164. The molecule has 0 aromatic heterocycles. The lowest BCUT2D eigenvalue weighted by atomic mass is 10.0. The first-order valence-electron chi connectivity index (χ1n) is 22.0. The van der Waals surface area contributed by atoms with Gasteiger partial charge in [0.25, 0.3) is 0 Å². The molecule has 1 rings (SSSR count). The van der Waals surface area contributed by atoms with E-state index in [4.69, 9.17) is 28.0 Å². The van der Waals surface area contributed by atoms with Gasteiger partial charge in [0, 0.05) is 32.1 Å². The van der Waals surface area contributed by atoms with Gasteiger partial charge >= 0.3 is 11.9 Å². The van der Waals surface area contributed by atoms with Crippen LogP contribution in [-0.2, 0) is 68.7 Å². The Morgan fingerprint density at radius 3 is 1.42 bits per heavy atom. The summed E-state index contributed by atoms with van der Waals surface area (Å²) in [5, 5.41) is 56.1. The van der Waals surface area contributed by atoms with Gasteiger partial charge in [-0.15, -0.1) is 0 Å². The predicted octanol–water partition coefficient (Wildman–Crippen LogP) is -6.81. The summed E-state index contributed by atoms with van der Waals surface area (Å²) in [7, 11) is 0. The highest BCUT2D eigenvalue weighted by atomic mass is 16.4. The van der Waals surface area contributed by atoms with Crippen molar-refractivity contribution in [2.24, 2.45) is 28.9 Å². The second kappa shape index (κ2) is 30.5. The van der Waals surface area contributed by atoms with Gasteiger partial charge in [0.05, 0.1) is 13.2 Å². The van der Waals surface area contributed by atoms with E-state index in [-0.39, 0.29) is 12.2 Å². The first-order valence-corrected chi connectivity index (χ1v) is 22.0. The van der Waals surface area contributed by atoms with Crippen molar-refractivity contribution in [1.29, 1.82) is 0 Å². The highest BCUT2D eigenvalue weighted by molar-refractivity contribution is 5.98. The van der Waals surface area contributed by atoms with E-state index in [9.17, 15) is 77.6 Å². The number of benzene rings is 1. The number of rotatable bonds is 33. The van der Waals surface area contributed by atoms with Crippen molar-refractivity contribution in [1.82, 2.24) is 42.5 Å². The summed E-state index contributed by atoms with van der Waals surface area (Å²) >= 11 is 0. The fourth-order valence-corrected chi connectivity index (χ4v) is 6.16. The monoisotopic (exact) mass is 1010 g/mol. The quantitative estimate of drug-likeness (QED) is 0.0311. The maximum absolute atomic E-state index is 13.9. The third kappa shape index (κ3) is 23.8. The number of carbonyl (C=O) groups excluding carboxylic acids is 11. The molecule has 1 aromatic rings. The van der Waals surface area contributed by atoms with Crippen LogP contribution in [0.2, 0.25) is 0 Å². The molecule has 0 bridgehead atoms. The third-order valence-electron chi connectivity index (χ3n) is 10.2. The molecule has 8 atom stereocenters. The smallest absolute Gasteiger partial charge is 0.326 e. The number of amides is 11. The molecule has 0 aliphatic carbocycles. The minimum atomic E-state index is -1.62. The van der Waals surface area contributed by atoms with Crippen molar-refractivity contribution in [3.63, 3.8) is 0 Å². The molecule has 0 spiro atoms. The van der Waals surface area contributed by atoms with Crippen LogP contribution in [-0.4, -0.2) is 159 Å². The SMILES string of the molecule is CC(C)[C@H](NC(=O)CNC(=O)[C@H](CCC(N)=O)NC(=O)[C@H](Cc1ccc(O)cc1)NC(=O)[C@H](C)NC(=O)[C@H](CCC(=O)O)NC(=O)[C@@H](N)CO)C(=O)N[C@@H](CCC(N)=O)C(=O)N[C@@H](CCC(N)=O)C(=O)O. The number of primary amides is 3. The molecule has 0 unspecified atom stereocenters. The summed E-state index contributed by atoms with van der Waals surface area (Å²) in [6.07, 6.45) is -3.94. The average molecular weight is 1010 g/mol. The lowest BCUT2D eigenvalue weighted by molar-refractivity contribution is -0.143. The fourth-order valence-electron chi connectivity index (χ4n) is 6.16. The number of nitrogens with one attached hydrogen (secondary N) is 8. The second-order valence-corrected chi connectivity index (χ2v) is 16.5. The summed E-state index contributed by atoms with van der Waals surface area (Å²) in [5.74, 6) is -14.5. The third-order valence-corrected chi connectivity index (χ3v) is 10.2. The van der Waals surface area contributed by atoms with Gasteiger partial charge in [-0.25, -0.2) is 4.79 Å². The molecule has 20 N–H and O–H groups in total. The number of carbonyl (C=O) groups is 13. The van der Waals surface area contributed by atoms with Gasteiger partial charge in [0.2, 0.25) is 65.0 Å². The lowest BCUT2D eigenvalue weighted by Gasteiger charge is -2.26. The Bertz CT molecular complexity index is 2110. The zero-order chi connectivity index (χ0) is 54.1. The van der Waals surface area contributed by atoms with Crippen molar-refractivity contribution < 1.29 is 82.8 Å². The molecular formula is C42H64N12O17. The first-order chi connectivity index (χ1) is 33.1. The Morgan fingerprint density at radius 2 is 0.944 bits per heavy atom. The van der Waals surface area contributed by atoms with Crippen LogP contribution < -0.4 is 65.5 Å². The molecule has 0 saturated carbocycles. The van der Waals surface area contributed by atoms with E-state index >= 15 is 0 Å². The van der Waals surface area contributed by atoms with Gasteiger partial charge in [-0.05, 0) is 56.2 Å². The molecule has 0 aliphatic heterocycles. The van der Waals surface area contributed by atoms with Crippen molar-refractivity contribution >= 4 is 76.9 Å². The Hall–Kier alpha value is -7.95. The number of carboxylic acid groups (broad SMARTS) is 2. The first kappa shape index (κ1) is 61.1. The molecule has 29 nitrogen and oxygen atoms in total. The topological polar surface area (TPSA) is 503 Å². The van der Waals surface area contributed by atoms with Gasteiger partial charge in [0.1, 0.15) is 54.1 Å². The highest BCUT2D eigenvalue weighted by Crippen LogP contribution is 2.13. The summed E-state index contributed by atoms with van der Waals surface area (Å²) in [5.41, 5.74) is 21.5. The lowest BCUT2D eigenvalue weighted by Crippen LogP contribution is -2.59. The minimum absolute atomic E-state index is 0.148. The molecule has 71 heavy (non-hydrogen) atoms. The Balaban J connectivity index is 3.29. The van der Waals surface area contributed by atoms with Gasteiger partial charge < -0.3 is 85.9 Å². The summed E-state index contributed by atoms with van der Waals surface area (Å²) in [6.45, 7) is 2.53. The number of hydrogen-bond donors (Lipinski definition) is 16. The van der Waals surface area contributed by atoms with Crippen LogP contribution in [0.15, 0.2) is 24.3 Å². The van der Waals surface area contributed by atoms with E-state index in [0.29, 0.717) is 5.56 Å². The van der Waals surface area contributed by atoms with Gasteiger partial charge in [-0.2, -0.15) is 0 Å². The summed E-state index contributed by atoms with van der Waals surface area (Å²) in [6, 6.07) is -6.90. The number of aliphatic hydroxyl groups is 1. The zero-order valence-corrected chi connectivity index (χ0v) is 39.2. The van der Waals surface area contributed by atoms with Crippen molar-refractivity contribution in [3.8, 4) is 5.75 Å². The average Bonchev–Trinajstić information content (AvgIpc) is 3.29. The normalized spacial score (nSPS) is 14.2. The van der Waals surface area contributed by atoms with E-state index in [2.05, 4.69) is 42.5 Å². The van der Waals surface area contributed by atoms with Crippen LogP contribution in [0.1, 0.15) is 77.7 Å². The molecule has 11 amide bonds. The number of aliphatic carboxylic acids is 2. The highest BCUT2D eigenvalue weighted by Gasteiger charge is 2.34. The second-order valence-electron chi connectivity index (χ2n) is 16.5. The van der Waals surface area contributed by atoms with Crippen LogP contribution >= 0.6 is 0 Å². The molecular weight excluding hydrogens is 945 g/mol. The molecule has 0 fully saturated rings. The Kier molecular flexibility index (Phi) is 26.2. The van der Waals surface area contributed by atoms with Crippen LogP contribution in [0.25, 0.3) is 0 Å². The van der Waals surface area contributed by atoms with Gasteiger partial charge in [0.15, 0.2) is 0 Å². The van der Waals surface area contributed by atoms with Crippen molar-refractivity contribution in [2.75, 3.05) is 13.2 Å². The number of aromatic hydroxyl groups is 1. The molecule has 0 heterocycles. The maximum Gasteiger partial charge on any atom is 0.326 e. The fraction of sp³-hybridized carbons (Fsp3) is 0.548. The molecule has 0 radical (unpaired) electrons. The standard InChI is InChI=1S/C42H64N12O17/c1-19(2)34(41(69)51-25(9-13-30(45)58)39(67)52-27(42(70)71)10-14-31(46)59)54-32(60)17-47-37(65)24(8-12-29(44)57)50-40(68)28(16-21-4-6-22(56)7-5-21)53-35(63)20(3)48-38(66)26(11-15-33(61)62)49-36(64)23(43)18-55/h4-7,19-20,23-28,34,55-56H,8-18,43H2,1-3H3,(H2,44,57)(H2,45,58)(H2,46,59)(H,47,65)(H,48,66)(H,49,64)(H,50,68)(H,51,69)(H,52,67)(H,53,63)(H,54,60)(H,61,62)(H,70,71)/t20-,23-,24-,25-,26-,27-,28-,34-/m0/s1.